The van der Waals surface area contributed by atoms with Crippen molar-refractivity contribution < 1.29 is 4.79 Å². The summed E-state index contributed by atoms with van der Waals surface area (Å²) in [6.45, 7) is 11.2. The molecular formula is C15H27N5O. The molecule has 6 heteroatoms. The van der Waals surface area contributed by atoms with Gasteiger partial charge in [0.1, 0.15) is 17.5 Å². The van der Waals surface area contributed by atoms with Crippen LogP contribution in [0.4, 0.5) is 11.6 Å². The largest absolute Gasteiger partial charge is 0.370 e. The number of hydrogen-bond donors (Lipinski definition) is 2. The van der Waals surface area contributed by atoms with E-state index in [0.717, 1.165) is 23.8 Å². The van der Waals surface area contributed by atoms with Gasteiger partial charge in [0.25, 0.3) is 0 Å². The minimum Gasteiger partial charge on any atom is -0.370 e. The number of nitrogens with zero attached hydrogens (tertiary/aromatic N) is 3. The molecule has 1 rings (SSSR count). The first kappa shape index (κ1) is 17.2. The standard InChI is InChI=1S/C15H27N5O/c1-8-16-12-10(2)13(17-9-11(21)20(6)7)19-14(18-12)15(3,4)5/h8-9H2,1-7H3,(H2,16,17,18,19). The topological polar surface area (TPSA) is 70.1 Å². The SMILES string of the molecule is CCNc1nc(C(C)(C)C)nc(NCC(=O)N(C)C)c1C. The highest BCUT2D eigenvalue weighted by Crippen LogP contribution is 2.26. The van der Waals surface area contributed by atoms with Gasteiger partial charge in [-0.05, 0) is 13.8 Å². The van der Waals surface area contributed by atoms with Crippen molar-refractivity contribution in [1.29, 1.82) is 0 Å². The Hall–Kier alpha value is -1.85. The molecule has 0 saturated carbocycles. The van der Waals surface area contributed by atoms with Crippen LogP contribution in [0.25, 0.3) is 0 Å². The molecule has 1 aromatic heterocycles. The molecule has 0 spiro atoms. The van der Waals surface area contributed by atoms with E-state index in [0.29, 0.717) is 5.82 Å². The maximum atomic E-state index is 11.7. The predicted octanol–water partition coefficient (Wildman–Crippen LogP) is 2.01. The van der Waals surface area contributed by atoms with Crippen LogP contribution in [-0.4, -0.2) is 48.0 Å². The molecule has 0 saturated heterocycles. The summed E-state index contributed by atoms with van der Waals surface area (Å²) < 4.78 is 0. The van der Waals surface area contributed by atoms with Crippen molar-refractivity contribution in [1.82, 2.24) is 14.9 Å². The van der Waals surface area contributed by atoms with Crippen molar-refractivity contribution in [3.05, 3.63) is 11.4 Å². The quantitative estimate of drug-likeness (QED) is 0.869. The van der Waals surface area contributed by atoms with Crippen LogP contribution >= 0.6 is 0 Å². The highest BCUT2D eigenvalue weighted by Gasteiger charge is 2.21. The highest BCUT2D eigenvalue weighted by molar-refractivity contribution is 5.80. The summed E-state index contributed by atoms with van der Waals surface area (Å²) in [5, 5.41) is 6.38. The van der Waals surface area contributed by atoms with Crippen LogP contribution in [0, 0.1) is 6.92 Å². The molecule has 1 heterocycles. The van der Waals surface area contributed by atoms with E-state index in [1.54, 1.807) is 19.0 Å². The number of anilines is 2. The van der Waals surface area contributed by atoms with Crippen LogP contribution in [0.5, 0.6) is 0 Å². The molecule has 0 unspecified atom stereocenters. The summed E-state index contributed by atoms with van der Waals surface area (Å²) in [5.41, 5.74) is 0.774. The average Bonchev–Trinajstić information content (AvgIpc) is 2.38. The molecular weight excluding hydrogens is 266 g/mol. The van der Waals surface area contributed by atoms with Crippen LogP contribution in [-0.2, 0) is 10.2 Å². The van der Waals surface area contributed by atoms with Crippen molar-refractivity contribution in [3.63, 3.8) is 0 Å². The van der Waals surface area contributed by atoms with Gasteiger partial charge >= 0.3 is 0 Å². The first-order valence-corrected chi connectivity index (χ1v) is 7.23. The fourth-order valence-electron chi connectivity index (χ4n) is 1.68. The molecule has 0 bridgehead atoms. The van der Waals surface area contributed by atoms with Crippen LogP contribution in [0.1, 0.15) is 39.1 Å². The summed E-state index contributed by atoms with van der Waals surface area (Å²) in [7, 11) is 3.48. The van der Waals surface area contributed by atoms with Gasteiger partial charge in [-0.3, -0.25) is 4.79 Å². The lowest BCUT2D eigenvalue weighted by Gasteiger charge is -2.21. The molecule has 2 N–H and O–H groups in total. The monoisotopic (exact) mass is 293 g/mol. The zero-order valence-electron chi connectivity index (χ0n) is 14.2. The van der Waals surface area contributed by atoms with Gasteiger partial charge in [-0.1, -0.05) is 20.8 Å². The average molecular weight is 293 g/mol. The van der Waals surface area contributed by atoms with Gasteiger partial charge in [0.2, 0.25) is 5.91 Å². The minimum atomic E-state index is -0.153. The summed E-state index contributed by atoms with van der Waals surface area (Å²) >= 11 is 0. The molecule has 118 valence electrons. The van der Waals surface area contributed by atoms with Gasteiger partial charge in [-0.2, -0.15) is 0 Å². The molecule has 1 amide bonds. The van der Waals surface area contributed by atoms with Crippen molar-refractivity contribution in [2.45, 2.75) is 40.0 Å². The van der Waals surface area contributed by atoms with E-state index in [4.69, 9.17) is 0 Å². The van der Waals surface area contributed by atoms with Gasteiger partial charge in [-0.25, -0.2) is 9.97 Å². The first-order chi connectivity index (χ1) is 9.66. The lowest BCUT2D eigenvalue weighted by Crippen LogP contribution is -2.29. The Morgan fingerprint density at radius 2 is 1.67 bits per heavy atom. The number of aromatic nitrogens is 2. The second kappa shape index (κ2) is 6.74. The molecule has 21 heavy (non-hydrogen) atoms. The van der Waals surface area contributed by atoms with Crippen LogP contribution in [0.3, 0.4) is 0 Å². The lowest BCUT2D eigenvalue weighted by atomic mass is 9.95. The maximum absolute atomic E-state index is 11.7. The second-order valence-corrected chi connectivity index (χ2v) is 6.29. The molecule has 0 radical (unpaired) electrons. The number of nitrogens with one attached hydrogen (secondary N) is 2. The van der Waals surface area contributed by atoms with E-state index in [1.165, 1.54) is 0 Å². The van der Waals surface area contributed by atoms with E-state index >= 15 is 0 Å². The van der Waals surface area contributed by atoms with E-state index in [9.17, 15) is 4.79 Å². The number of likely N-dealkylation sites (N-methyl/N-ethyl adjacent to an activating group) is 1. The van der Waals surface area contributed by atoms with Crippen molar-refractivity contribution in [2.24, 2.45) is 0 Å². The number of amides is 1. The Balaban J connectivity index is 3.11. The van der Waals surface area contributed by atoms with Crippen molar-refractivity contribution in [3.8, 4) is 0 Å². The molecule has 0 atom stereocenters. The maximum Gasteiger partial charge on any atom is 0.241 e. The number of rotatable bonds is 5. The van der Waals surface area contributed by atoms with E-state index in [2.05, 4.69) is 41.4 Å². The molecule has 0 aliphatic carbocycles. The molecule has 6 nitrogen and oxygen atoms in total. The second-order valence-electron chi connectivity index (χ2n) is 6.29. The number of carbonyl (C=O) groups excluding carboxylic acids is 1. The van der Waals surface area contributed by atoms with Gasteiger partial charge in [0, 0.05) is 31.6 Å². The molecule has 0 aliphatic heterocycles. The van der Waals surface area contributed by atoms with Crippen LogP contribution in [0.15, 0.2) is 0 Å². The first-order valence-electron chi connectivity index (χ1n) is 7.23. The van der Waals surface area contributed by atoms with Gasteiger partial charge < -0.3 is 15.5 Å². The minimum absolute atomic E-state index is 0.00956. The van der Waals surface area contributed by atoms with E-state index < -0.39 is 0 Å². The molecule has 1 aromatic rings. The molecule has 0 fully saturated rings. The highest BCUT2D eigenvalue weighted by atomic mass is 16.2. The Kier molecular flexibility index (Phi) is 5.52. The van der Waals surface area contributed by atoms with Crippen molar-refractivity contribution in [2.75, 3.05) is 37.8 Å². The van der Waals surface area contributed by atoms with Crippen LogP contribution < -0.4 is 10.6 Å². The lowest BCUT2D eigenvalue weighted by molar-refractivity contribution is -0.126. The third-order valence-corrected chi connectivity index (χ3v) is 3.07. The zero-order valence-corrected chi connectivity index (χ0v) is 14.2. The Bertz CT molecular complexity index is 506. The third kappa shape index (κ3) is 4.58. The summed E-state index contributed by atoms with van der Waals surface area (Å²) in [6, 6.07) is 0. The Morgan fingerprint density at radius 1 is 1.14 bits per heavy atom. The molecule has 0 aromatic carbocycles. The van der Waals surface area contributed by atoms with Crippen LogP contribution in [0.2, 0.25) is 0 Å². The fourth-order valence-corrected chi connectivity index (χ4v) is 1.68. The predicted molar refractivity (Wildman–Crippen MR) is 86.8 cm³/mol. The summed E-state index contributed by atoms with van der Waals surface area (Å²) in [6.07, 6.45) is 0. The zero-order chi connectivity index (χ0) is 16.2. The Morgan fingerprint density at radius 3 is 2.10 bits per heavy atom. The van der Waals surface area contributed by atoms with Gasteiger partial charge in [-0.15, -0.1) is 0 Å². The van der Waals surface area contributed by atoms with E-state index in [1.807, 2.05) is 13.8 Å². The van der Waals surface area contributed by atoms with Gasteiger partial charge in [0.05, 0.1) is 6.54 Å². The summed E-state index contributed by atoms with van der Waals surface area (Å²) in [5.74, 6) is 2.29. The normalized spacial score (nSPS) is 11.2. The molecule has 0 aliphatic rings. The van der Waals surface area contributed by atoms with Gasteiger partial charge in [0.15, 0.2) is 0 Å². The summed E-state index contributed by atoms with van der Waals surface area (Å²) in [4.78, 5) is 22.5. The fraction of sp³-hybridized carbons (Fsp3) is 0.667. The number of hydrogen-bond acceptors (Lipinski definition) is 5. The smallest absolute Gasteiger partial charge is 0.241 e. The third-order valence-electron chi connectivity index (χ3n) is 3.07. The van der Waals surface area contributed by atoms with E-state index in [-0.39, 0.29) is 17.9 Å². The number of carbonyl (C=O) groups is 1. The van der Waals surface area contributed by atoms with Crippen molar-refractivity contribution >= 4 is 17.5 Å². The Labute approximate surface area is 127 Å².